The fraction of sp³-hybridized carbons (Fsp3) is 0.375. The molecule has 5 rings (SSSR count). The third kappa shape index (κ3) is 4.97. The lowest BCUT2D eigenvalue weighted by Crippen LogP contribution is -2.36. The molecule has 0 unspecified atom stereocenters. The summed E-state index contributed by atoms with van der Waals surface area (Å²) >= 11 is 1.46. The number of thioether (sulfide) groups is 1. The maximum Gasteiger partial charge on any atom is 0.234 e. The summed E-state index contributed by atoms with van der Waals surface area (Å²) in [7, 11) is 1.56. The molecule has 3 N–H and O–H groups in total. The van der Waals surface area contributed by atoms with Crippen molar-refractivity contribution in [3.63, 3.8) is 0 Å². The third-order valence-electron chi connectivity index (χ3n) is 6.24. The van der Waals surface area contributed by atoms with Crippen molar-refractivity contribution in [2.24, 2.45) is 5.92 Å². The molecule has 1 saturated carbocycles. The molecule has 0 atom stereocenters. The van der Waals surface area contributed by atoms with E-state index in [1.165, 1.54) is 11.8 Å². The molecule has 34 heavy (non-hydrogen) atoms. The van der Waals surface area contributed by atoms with E-state index in [0.29, 0.717) is 40.9 Å². The van der Waals surface area contributed by atoms with E-state index in [1.54, 1.807) is 25.4 Å². The average molecular weight is 479 g/mol. The molecular weight excluding hydrogens is 452 g/mol. The highest BCUT2D eigenvalue weighted by Crippen LogP contribution is 2.31. The molecule has 1 fully saturated rings. The van der Waals surface area contributed by atoms with Gasteiger partial charge in [0.2, 0.25) is 17.7 Å². The van der Waals surface area contributed by atoms with Crippen LogP contribution in [-0.4, -0.2) is 45.7 Å². The van der Waals surface area contributed by atoms with Crippen molar-refractivity contribution < 1.29 is 14.3 Å². The smallest absolute Gasteiger partial charge is 0.234 e. The zero-order chi connectivity index (χ0) is 23.5. The lowest BCUT2D eigenvalue weighted by atomic mass is 9.85. The normalized spacial score (nSPS) is 19.9. The number of anilines is 2. The number of nitrogens with one attached hydrogen (secondary N) is 3. The van der Waals surface area contributed by atoms with Gasteiger partial charge in [-0.05, 0) is 49.4 Å². The molecule has 0 radical (unpaired) electrons. The summed E-state index contributed by atoms with van der Waals surface area (Å²) in [4.78, 5) is 37.8. The largest absolute Gasteiger partial charge is 0.481 e. The Morgan fingerprint density at radius 2 is 2.06 bits per heavy atom. The molecular formula is C24H26N6O3S. The van der Waals surface area contributed by atoms with E-state index in [2.05, 4.69) is 30.9 Å². The van der Waals surface area contributed by atoms with Gasteiger partial charge < -0.3 is 20.7 Å². The fourth-order valence-corrected chi connectivity index (χ4v) is 5.13. The van der Waals surface area contributed by atoms with Gasteiger partial charge in [0, 0.05) is 37.0 Å². The van der Waals surface area contributed by atoms with Gasteiger partial charge in [0.05, 0.1) is 29.8 Å². The second-order valence-corrected chi connectivity index (χ2v) is 9.50. The van der Waals surface area contributed by atoms with Gasteiger partial charge in [0.15, 0.2) is 0 Å². The molecule has 4 heterocycles. The van der Waals surface area contributed by atoms with Crippen molar-refractivity contribution >= 4 is 46.0 Å². The van der Waals surface area contributed by atoms with Crippen LogP contribution in [0.2, 0.25) is 0 Å². The van der Waals surface area contributed by atoms with E-state index in [0.717, 1.165) is 42.0 Å². The molecule has 0 spiro atoms. The number of carbonyl (C=O) groups is 2. The Morgan fingerprint density at radius 3 is 2.88 bits per heavy atom. The Hall–Kier alpha value is -3.24. The number of fused-ring (bicyclic) bond motifs is 2. The Bertz CT molecular complexity index is 1230. The predicted octanol–water partition coefficient (Wildman–Crippen LogP) is 3.36. The molecule has 0 aromatic carbocycles. The summed E-state index contributed by atoms with van der Waals surface area (Å²) in [6, 6.07) is 7.69. The minimum Gasteiger partial charge on any atom is -0.481 e. The molecule has 3 aromatic rings. The van der Waals surface area contributed by atoms with Gasteiger partial charge in [-0.1, -0.05) is 11.8 Å². The van der Waals surface area contributed by atoms with E-state index < -0.39 is 0 Å². The second-order valence-electron chi connectivity index (χ2n) is 8.53. The molecule has 2 aliphatic rings. The number of rotatable bonds is 6. The topological polar surface area (TPSA) is 118 Å². The Balaban J connectivity index is 1.14. The van der Waals surface area contributed by atoms with Crippen molar-refractivity contribution in [1.29, 1.82) is 0 Å². The number of ether oxygens (including phenoxy) is 1. The van der Waals surface area contributed by atoms with Crippen LogP contribution < -0.4 is 20.7 Å². The van der Waals surface area contributed by atoms with Gasteiger partial charge in [-0.15, -0.1) is 0 Å². The summed E-state index contributed by atoms with van der Waals surface area (Å²) in [6.07, 6.45) is 7.01. The highest BCUT2D eigenvalue weighted by molar-refractivity contribution is 8.00. The average Bonchev–Trinajstić information content (AvgIpc) is 2.87. The maximum absolute atomic E-state index is 13.0. The zero-order valence-corrected chi connectivity index (χ0v) is 19.7. The lowest BCUT2D eigenvalue weighted by molar-refractivity contribution is -0.121. The van der Waals surface area contributed by atoms with Crippen LogP contribution in [0.15, 0.2) is 41.7 Å². The zero-order valence-electron chi connectivity index (χ0n) is 18.8. The molecule has 0 bridgehead atoms. The minimum absolute atomic E-state index is 0.00990. The number of amides is 2. The van der Waals surface area contributed by atoms with Gasteiger partial charge in [-0.3, -0.25) is 14.6 Å². The van der Waals surface area contributed by atoms with E-state index >= 15 is 0 Å². The first-order valence-electron chi connectivity index (χ1n) is 11.3. The third-order valence-corrected chi connectivity index (χ3v) is 7.25. The van der Waals surface area contributed by atoms with Crippen molar-refractivity contribution in [2.45, 2.75) is 43.3 Å². The molecule has 3 aromatic heterocycles. The number of hydrogen-bond donors (Lipinski definition) is 3. The lowest BCUT2D eigenvalue weighted by Gasteiger charge is -2.28. The predicted molar refractivity (Wildman–Crippen MR) is 131 cm³/mol. The van der Waals surface area contributed by atoms with Crippen LogP contribution in [0.5, 0.6) is 5.88 Å². The van der Waals surface area contributed by atoms with Crippen molar-refractivity contribution in [3.05, 3.63) is 42.2 Å². The van der Waals surface area contributed by atoms with Gasteiger partial charge in [-0.25, -0.2) is 9.97 Å². The van der Waals surface area contributed by atoms with Gasteiger partial charge in [-0.2, -0.15) is 0 Å². The van der Waals surface area contributed by atoms with Crippen LogP contribution in [0.4, 0.5) is 11.4 Å². The second kappa shape index (κ2) is 9.94. The van der Waals surface area contributed by atoms with Crippen molar-refractivity contribution in [2.75, 3.05) is 23.5 Å². The van der Waals surface area contributed by atoms with Crippen LogP contribution in [-0.2, 0) is 16.1 Å². The number of carbonyl (C=O) groups excluding carboxylic acids is 2. The van der Waals surface area contributed by atoms with E-state index in [9.17, 15) is 9.59 Å². The van der Waals surface area contributed by atoms with Crippen LogP contribution in [0.25, 0.3) is 11.0 Å². The Labute approximate surface area is 201 Å². The van der Waals surface area contributed by atoms with Crippen LogP contribution >= 0.6 is 11.8 Å². The summed E-state index contributed by atoms with van der Waals surface area (Å²) in [6.45, 7) is 0.679. The molecule has 0 saturated heterocycles. The van der Waals surface area contributed by atoms with Crippen molar-refractivity contribution in [1.82, 2.24) is 20.3 Å². The molecule has 176 valence electrons. The summed E-state index contributed by atoms with van der Waals surface area (Å²) in [5.41, 5.74) is 3.81. The fourth-order valence-electron chi connectivity index (χ4n) is 4.40. The highest BCUT2D eigenvalue weighted by atomic mass is 32.2. The van der Waals surface area contributed by atoms with Crippen LogP contribution in [0.3, 0.4) is 0 Å². The first-order chi connectivity index (χ1) is 16.6. The Morgan fingerprint density at radius 1 is 1.21 bits per heavy atom. The van der Waals surface area contributed by atoms with Crippen molar-refractivity contribution in [3.8, 4) is 5.88 Å². The summed E-state index contributed by atoms with van der Waals surface area (Å²) < 4.78 is 5.22. The SMILES string of the molecule is COc1ccc2nccc(NC(=O)[C@H]3CC[C@H](NCc4cnc5c(c4)NC(=O)CS5)CC3)c2n1. The van der Waals surface area contributed by atoms with E-state index in [4.69, 9.17) is 4.74 Å². The minimum atomic E-state index is -0.0375. The number of methoxy groups -OCH3 is 1. The van der Waals surface area contributed by atoms with Gasteiger partial charge in [0.1, 0.15) is 10.5 Å². The van der Waals surface area contributed by atoms with Gasteiger partial charge in [0.25, 0.3) is 0 Å². The summed E-state index contributed by atoms with van der Waals surface area (Å²) in [5, 5.41) is 10.4. The molecule has 10 heteroatoms. The maximum atomic E-state index is 13.0. The summed E-state index contributed by atoms with van der Waals surface area (Å²) in [5.74, 6) is 0.886. The molecule has 1 aliphatic carbocycles. The number of aromatic nitrogens is 3. The number of pyridine rings is 3. The molecule has 2 amide bonds. The number of nitrogens with zero attached hydrogens (tertiary/aromatic N) is 3. The van der Waals surface area contributed by atoms with Gasteiger partial charge >= 0.3 is 0 Å². The standard InChI is InChI=1S/C24H26N6O3S/c1-33-21-7-6-17-22(30-21)18(8-9-25-17)29-23(32)15-2-4-16(5-3-15)26-11-14-10-19-24(27-12-14)34-13-20(31)28-19/h6-10,12,15-16,26H,2-5,11,13H2,1H3,(H,28,31)(H,25,29,32)/t15-,16-. The quantitative estimate of drug-likeness (QED) is 0.494. The first-order valence-corrected chi connectivity index (χ1v) is 12.3. The van der Waals surface area contributed by atoms with Crippen LogP contribution in [0, 0.1) is 5.92 Å². The van der Waals surface area contributed by atoms with Crippen LogP contribution in [0.1, 0.15) is 31.2 Å². The molecule has 1 aliphatic heterocycles. The highest BCUT2D eigenvalue weighted by Gasteiger charge is 2.27. The molecule has 9 nitrogen and oxygen atoms in total. The number of hydrogen-bond acceptors (Lipinski definition) is 8. The first kappa shape index (κ1) is 22.5. The van der Waals surface area contributed by atoms with E-state index in [1.807, 2.05) is 18.3 Å². The van der Waals surface area contributed by atoms with E-state index in [-0.39, 0.29) is 17.7 Å². The monoisotopic (exact) mass is 478 g/mol. The Kier molecular flexibility index (Phi) is 6.59.